The highest BCUT2D eigenvalue weighted by molar-refractivity contribution is 5.99. The van der Waals surface area contributed by atoms with Gasteiger partial charge in [0.25, 0.3) is 0 Å². The normalized spacial score (nSPS) is 12.3. The number of hydrogen-bond acceptors (Lipinski definition) is 2. The molecule has 0 aliphatic heterocycles. The van der Waals surface area contributed by atoms with Gasteiger partial charge in [0.05, 0.1) is 0 Å². The Morgan fingerprint density at radius 2 is 1.68 bits per heavy atom. The van der Waals surface area contributed by atoms with Gasteiger partial charge in [0.2, 0.25) is 0 Å². The topological polar surface area (TPSA) is 24.4 Å². The highest BCUT2D eigenvalue weighted by atomic mass is 14.9. The second kappa shape index (κ2) is 8.66. The maximum atomic E-state index is 4.35. The van der Waals surface area contributed by atoms with Crippen molar-refractivity contribution in [2.24, 2.45) is 10.4 Å². The zero-order valence-corrected chi connectivity index (χ0v) is 16.7. The van der Waals surface area contributed by atoms with Gasteiger partial charge in [0, 0.05) is 30.4 Å². The number of aryl methyl sites for hydroxylation is 1. The molecule has 2 nitrogen and oxygen atoms in total. The molecule has 0 fully saturated rings. The van der Waals surface area contributed by atoms with E-state index in [0.717, 1.165) is 33.7 Å². The van der Waals surface area contributed by atoms with E-state index in [1.54, 1.807) is 0 Å². The molecule has 0 saturated heterocycles. The van der Waals surface area contributed by atoms with Crippen molar-refractivity contribution in [1.29, 1.82) is 0 Å². The summed E-state index contributed by atoms with van der Waals surface area (Å²) in [6, 6.07) is 6.38. The Labute approximate surface area is 153 Å². The fraction of sp³-hybridized carbons (Fsp3) is 0.348. The van der Waals surface area contributed by atoms with E-state index in [2.05, 4.69) is 75.9 Å². The fourth-order valence-electron chi connectivity index (χ4n) is 2.44. The summed E-state index contributed by atoms with van der Waals surface area (Å²) in [6.45, 7) is 23.5. The van der Waals surface area contributed by atoms with Crippen molar-refractivity contribution < 1.29 is 0 Å². The molecule has 0 radical (unpaired) electrons. The van der Waals surface area contributed by atoms with E-state index in [1.807, 2.05) is 26.1 Å². The summed E-state index contributed by atoms with van der Waals surface area (Å²) >= 11 is 0. The third-order valence-electron chi connectivity index (χ3n) is 3.93. The minimum absolute atomic E-state index is 0.0308. The van der Waals surface area contributed by atoms with Gasteiger partial charge in [0.15, 0.2) is 0 Å². The van der Waals surface area contributed by atoms with E-state index in [9.17, 15) is 0 Å². The summed E-state index contributed by atoms with van der Waals surface area (Å²) in [5, 5.41) is 3.36. The van der Waals surface area contributed by atoms with E-state index in [1.165, 1.54) is 5.56 Å². The van der Waals surface area contributed by atoms with Crippen LogP contribution in [0.3, 0.4) is 0 Å². The predicted molar refractivity (Wildman–Crippen MR) is 114 cm³/mol. The monoisotopic (exact) mass is 336 g/mol. The molecule has 0 aliphatic carbocycles. The van der Waals surface area contributed by atoms with Crippen LogP contribution >= 0.6 is 0 Å². The average Bonchev–Trinajstić information content (AvgIpc) is 2.51. The first-order valence-corrected chi connectivity index (χ1v) is 8.58. The SMILES string of the molecule is C=C(/C=C\C(=N/C)C(C)(C)C)CNC(=C)c1cc(C)cc(C(=C)C)c1. The van der Waals surface area contributed by atoms with Gasteiger partial charge in [0.1, 0.15) is 0 Å². The Morgan fingerprint density at radius 3 is 2.20 bits per heavy atom. The predicted octanol–water partition coefficient (Wildman–Crippen LogP) is 5.82. The van der Waals surface area contributed by atoms with Crippen molar-refractivity contribution in [2.45, 2.75) is 34.6 Å². The van der Waals surface area contributed by atoms with Crippen molar-refractivity contribution in [1.82, 2.24) is 5.32 Å². The number of aliphatic imine (C=N–C) groups is 1. The number of benzene rings is 1. The minimum atomic E-state index is 0.0308. The minimum Gasteiger partial charge on any atom is -0.381 e. The van der Waals surface area contributed by atoms with Gasteiger partial charge >= 0.3 is 0 Å². The van der Waals surface area contributed by atoms with Gasteiger partial charge in [-0.2, -0.15) is 0 Å². The van der Waals surface area contributed by atoms with E-state index in [4.69, 9.17) is 0 Å². The zero-order valence-electron chi connectivity index (χ0n) is 16.7. The van der Waals surface area contributed by atoms with Gasteiger partial charge in [-0.15, -0.1) is 0 Å². The highest BCUT2D eigenvalue weighted by Gasteiger charge is 2.15. The van der Waals surface area contributed by atoms with Crippen LogP contribution in [0.1, 0.15) is 44.4 Å². The van der Waals surface area contributed by atoms with E-state index in [0.29, 0.717) is 6.54 Å². The number of nitrogens with zero attached hydrogens (tertiary/aromatic N) is 1. The Bertz CT molecular complexity index is 725. The van der Waals surface area contributed by atoms with Crippen molar-refractivity contribution >= 4 is 17.0 Å². The molecule has 1 aromatic rings. The molecule has 0 bridgehead atoms. The van der Waals surface area contributed by atoms with Crippen molar-refractivity contribution in [3.05, 3.63) is 72.4 Å². The molecule has 1 aromatic carbocycles. The molecule has 1 N–H and O–H groups in total. The number of nitrogens with one attached hydrogen (secondary N) is 1. The fourth-order valence-corrected chi connectivity index (χ4v) is 2.44. The maximum Gasteiger partial charge on any atom is 0.0398 e. The molecule has 0 aromatic heterocycles. The standard InChI is InChI=1S/C23H32N2/c1-16(2)20-12-18(4)13-21(14-20)19(5)25-15-17(3)10-11-22(24-9)23(6,7)8/h10-14,25H,1,3,5,15H2,2,4,6-9H3/b11-10-,24-22+. The van der Waals surface area contributed by atoms with Crippen LogP contribution in [0.15, 0.2) is 60.7 Å². The molecule has 0 heterocycles. The Hall–Kier alpha value is -2.35. The van der Waals surface area contributed by atoms with Crippen molar-refractivity contribution in [3.63, 3.8) is 0 Å². The molecule has 0 spiro atoms. The van der Waals surface area contributed by atoms with Gasteiger partial charge in [-0.25, -0.2) is 0 Å². The summed E-state index contributed by atoms with van der Waals surface area (Å²) < 4.78 is 0. The smallest absolute Gasteiger partial charge is 0.0398 e. The van der Waals surface area contributed by atoms with Crippen LogP contribution in [-0.2, 0) is 0 Å². The molecule has 0 aliphatic rings. The van der Waals surface area contributed by atoms with Crippen LogP contribution < -0.4 is 5.32 Å². The van der Waals surface area contributed by atoms with E-state index in [-0.39, 0.29) is 5.41 Å². The van der Waals surface area contributed by atoms with Gasteiger partial charge in [-0.3, -0.25) is 4.99 Å². The first-order chi connectivity index (χ1) is 11.5. The average molecular weight is 337 g/mol. The largest absolute Gasteiger partial charge is 0.381 e. The van der Waals surface area contributed by atoms with Crippen LogP contribution in [-0.4, -0.2) is 19.3 Å². The summed E-state index contributed by atoms with van der Waals surface area (Å²) in [7, 11) is 1.82. The van der Waals surface area contributed by atoms with Crippen molar-refractivity contribution in [3.8, 4) is 0 Å². The lowest BCUT2D eigenvalue weighted by Gasteiger charge is -2.18. The first kappa shape index (κ1) is 20.7. The number of allylic oxidation sites excluding steroid dienone is 2. The second-order valence-electron chi connectivity index (χ2n) is 7.55. The lowest BCUT2D eigenvalue weighted by Crippen LogP contribution is -2.18. The molecule has 0 unspecified atom stereocenters. The van der Waals surface area contributed by atoms with Crippen LogP contribution in [0, 0.1) is 12.3 Å². The first-order valence-electron chi connectivity index (χ1n) is 8.58. The summed E-state index contributed by atoms with van der Waals surface area (Å²) in [4.78, 5) is 4.35. The Morgan fingerprint density at radius 1 is 1.08 bits per heavy atom. The third-order valence-corrected chi connectivity index (χ3v) is 3.93. The third kappa shape index (κ3) is 6.58. The lowest BCUT2D eigenvalue weighted by molar-refractivity contribution is 0.593. The van der Waals surface area contributed by atoms with Gasteiger partial charge in [-0.05, 0) is 54.3 Å². The molecule has 0 saturated carbocycles. The quantitative estimate of drug-likeness (QED) is 0.492. The lowest BCUT2D eigenvalue weighted by atomic mass is 9.89. The molecule has 134 valence electrons. The maximum absolute atomic E-state index is 4.35. The van der Waals surface area contributed by atoms with E-state index >= 15 is 0 Å². The molecule has 2 heteroatoms. The highest BCUT2D eigenvalue weighted by Crippen LogP contribution is 2.20. The molecule has 0 atom stereocenters. The van der Waals surface area contributed by atoms with Gasteiger partial charge in [-0.1, -0.05) is 58.2 Å². The Kier molecular flexibility index (Phi) is 7.17. The van der Waals surface area contributed by atoms with Crippen LogP contribution in [0.4, 0.5) is 0 Å². The summed E-state index contributed by atoms with van der Waals surface area (Å²) in [5.41, 5.74) is 7.44. The molecule has 25 heavy (non-hydrogen) atoms. The van der Waals surface area contributed by atoms with Gasteiger partial charge < -0.3 is 5.32 Å². The number of hydrogen-bond donors (Lipinski definition) is 1. The van der Waals surface area contributed by atoms with E-state index < -0.39 is 0 Å². The van der Waals surface area contributed by atoms with Crippen LogP contribution in [0.2, 0.25) is 0 Å². The molecular formula is C23H32N2. The molecular weight excluding hydrogens is 304 g/mol. The number of rotatable bonds is 7. The summed E-state index contributed by atoms with van der Waals surface area (Å²) in [5.74, 6) is 0. The van der Waals surface area contributed by atoms with Crippen molar-refractivity contribution in [2.75, 3.05) is 13.6 Å². The second-order valence-corrected chi connectivity index (χ2v) is 7.55. The molecule has 0 amide bonds. The van der Waals surface area contributed by atoms with Crippen LogP contribution in [0.25, 0.3) is 11.3 Å². The van der Waals surface area contributed by atoms with Crippen LogP contribution in [0.5, 0.6) is 0 Å². The zero-order chi connectivity index (χ0) is 19.2. The Balaban J connectivity index is 2.74. The molecule has 1 rings (SSSR count). The summed E-state index contributed by atoms with van der Waals surface area (Å²) in [6.07, 6.45) is 4.06.